The van der Waals surface area contributed by atoms with Gasteiger partial charge < -0.3 is 16.8 Å². The largest absolute Gasteiger partial charge is 0.399 e. The van der Waals surface area contributed by atoms with Gasteiger partial charge in [0.25, 0.3) is 0 Å². The smallest absolute Gasteiger partial charge is 0.354 e. The zero-order valence-corrected chi connectivity index (χ0v) is 17.9. The summed E-state index contributed by atoms with van der Waals surface area (Å²) in [5.41, 5.74) is 14.1. The second-order valence-electron chi connectivity index (χ2n) is 7.24. The fraction of sp³-hybridized carbons (Fsp3) is 0.136. The van der Waals surface area contributed by atoms with Crippen LogP contribution >= 0.6 is 11.6 Å². The summed E-state index contributed by atoms with van der Waals surface area (Å²) in [5, 5.41) is 3.73. The summed E-state index contributed by atoms with van der Waals surface area (Å²) in [6, 6.07) is 12.3. The molecule has 0 saturated carbocycles. The molecule has 4 aromatic rings. The maximum absolute atomic E-state index is 12.7. The number of nitrogens with one attached hydrogen (secondary N) is 1. The van der Waals surface area contributed by atoms with Crippen molar-refractivity contribution < 1.29 is 4.79 Å². The molecule has 5 N–H and O–H groups in total. The van der Waals surface area contributed by atoms with Crippen LogP contribution in [-0.2, 0) is 11.2 Å². The molecule has 0 aliphatic rings. The normalized spacial score (nSPS) is 10.9. The molecule has 0 saturated heterocycles. The molecule has 0 spiro atoms. The van der Waals surface area contributed by atoms with E-state index in [2.05, 4.69) is 20.3 Å². The highest BCUT2D eigenvalue weighted by atomic mass is 35.5. The average Bonchev–Trinajstić information content (AvgIpc) is 2.74. The number of aromatic nitrogens is 4. The van der Waals surface area contributed by atoms with E-state index in [1.54, 1.807) is 31.2 Å². The van der Waals surface area contributed by atoms with Gasteiger partial charge in [-0.25, -0.2) is 9.78 Å². The predicted octanol–water partition coefficient (Wildman–Crippen LogP) is 2.87. The van der Waals surface area contributed by atoms with Crippen LogP contribution in [0.1, 0.15) is 17.7 Å². The van der Waals surface area contributed by atoms with Crippen molar-refractivity contribution >= 4 is 45.9 Å². The van der Waals surface area contributed by atoms with E-state index in [1.807, 2.05) is 18.2 Å². The summed E-state index contributed by atoms with van der Waals surface area (Å²) in [4.78, 5) is 37.2. The molecule has 2 heterocycles. The van der Waals surface area contributed by atoms with Gasteiger partial charge in [0, 0.05) is 29.7 Å². The van der Waals surface area contributed by atoms with Crippen LogP contribution < -0.4 is 22.5 Å². The number of hydrogen-bond acceptors (Lipinski definition) is 7. The number of amides is 1. The lowest BCUT2D eigenvalue weighted by molar-refractivity contribution is -0.116. The van der Waals surface area contributed by atoms with E-state index >= 15 is 0 Å². The van der Waals surface area contributed by atoms with E-state index in [4.69, 9.17) is 23.1 Å². The zero-order valence-electron chi connectivity index (χ0n) is 17.2. The number of benzene rings is 2. The fourth-order valence-corrected chi connectivity index (χ4v) is 3.61. The molecular weight excluding hydrogens is 430 g/mol. The number of halogens is 1. The Hall–Kier alpha value is -3.98. The standard InChI is InChI=1S/C22H20ClN7O2/c1-12-16-11-26-21(25)28-20(16)29-22(32)30(12)18-10-15(6-7-17(18)23)27-19(31)8-5-13-3-2-4-14(24)9-13/h2-4,6-7,9-11H,5,8,24H2,1H3,(H,27,31)(H2,25,28,29,32). The minimum atomic E-state index is -0.569. The summed E-state index contributed by atoms with van der Waals surface area (Å²) < 4.78 is 1.35. The highest BCUT2D eigenvalue weighted by Gasteiger charge is 2.15. The van der Waals surface area contributed by atoms with Gasteiger partial charge in [-0.2, -0.15) is 9.97 Å². The lowest BCUT2D eigenvalue weighted by atomic mass is 10.1. The molecule has 9 nitrogen and oxygen atoms in total. The first-order chi connectivity index (χ1) is 15.3. The Morgan fingerprint density at radius 3 is 2.75 bits per heavy atom. The number of carbonyl (C=O) groups excluding carboxylic acids is 1. The summed E-state index contributed by atoms with van der Waals surface area (Å²) in [7, 11) is 0. The third-order valence-electron chi connectivity index (χ3n) is 4.97. The molecule has 0 aliphatic carbocycles. The molecule has 162 valence electrons. The highest BCUT2D eigenvalue weighted by molar-refractivity contribution is 6.32. The Balaban J connectivity index is 1.61. The van der Waals surface area contributed by atoms with Gasteiger partial charge in [-0.1, -0.05) is 23.7 Å². The third-order valence-corrected chi connectivity index (χ3v) is 5.29. The topological polar surface area (TPSA) is 142 Å². The summed E-state index contributed by atoms with van der Waals surface area (Å²) >= 11 is 6.38. The van der Waals surface area contributed by atoms with Gasteiger partial charge in [-0.15, -0.1) is 0 Å². The number of nitrogens with zero attached hydrogens (tertiary/aromatic N) is 4. The van der Waals surface area contributed by atoms with Gasteiger partial charge >= 0.3 is 5.69 Å². The molecule has 2 aromatic carbocycles. The number of anilines is 3. The van der Waals surface area contributed by atoms with Crippen LogP contribution in [0.4, 0.5) is 17.3 Å². The maximum atomic E-state index is 12.7. The van der Waals surface area contributed by atoms with Crippen molar-refractivity contribution in [2.45, 2.75) is 19.8 Å². The Bertz CT molecular complexity index is 1400. The van der Waals surface area contributed by atoms with Crippen molar-refractivity contribution in [1.29, 1.82) is 0 Å². The Labute approximate surface area is 188 Å². The van der Waals surface area contributed by atoms with Gasteiger partial charge in [0.05, 0.1) is 16.1 Å². The van der Waals surface area contributed by atoms with Gasteiger partial charge in [-0.05, 0) is 49.2 Å². The first-order valence-corrected chi connectivity index (χ1v) is 10.2. The van der Waals surface area contributed by atoms with Crippen LogP contribution in [0, 0.1) is 6.92 Å². The van der Waals surface area contributed by atoms with E-state index in [-0.39, 0.29) is 23.9 Å². The van der Waals surface area contributed by atoms with Gasteiger partial charge in [0.2, 0.25) is 11.9 Å². The molecular formula is C22H20ClN7O2. The fourth-order valence-electron chi connectivity index (χ4n) is 3.41. The monoisotopic (exact) mass is 449 g/mol. The van der Waals surface area contributed by atoms with Crippen LogP contribution in [-0.4, -0.2) is 25.4 Å². The Morgan fingerprint density at radius 2 is 1.97 bits per heavy atom. The number of aryl methyl sites for hydroxylation is 2. The number of nitrogens with two attached hydrogens (primary N) is 2. The highest BCUT2D eigenvalue weighted by Crippen LogP contribution is 2.26. The van der Waals surface area contributed by atoms with E-state index < -0.39 is 5.69 Å². The van der Waals surface area contributed by atoms with Crippen LogP contribution in [0.15, 0.2) is 53.5 Å². The average molecular weight is 450 g/mol. The van der Waals surface area contributed by atoms with E-state index in [0.29, 0.717) is 39.6 Å². The molecule has 2 aromatic heterocycles. The molecule has 4 rings (SSSR count). The third kappa shape index (κ3) is 4.37. The van der Waals surface area contributed by atoms with Crippen molar-refractivity contribution in [2.75, 3.05) is 16.8 Å². The van der Waals surface area contributed by atoms with Crippen molar-refractivity contribution in [2.24, 2.45) is 0 Å². The SMILES string of the molecule is Cc1c2cnc(N)nc2nc(=O)n1-c1cc(NC(=O)CCc2cccc(N)c2)ccc1Cl. The Morgan fingerprint density at radius 1 is 1.16 bits per heavy atom. The summed E-state index contributed by atoms with van der Waals surface area (Å²) in [6.45, 7) is 1.73. The predicted molar refractivity (Wildman–Crippen MR) is 125 cm³/mol. The van der Waals surface area contributed by atoms with Gasteiger partial charge in [0.1, 0.15) is 0 Å². The van der Waals surface area contributed by atoms with Crippen molar-refractivity contribution in [3.05, 3.63) is 75.4 Å². The summed E-state index contributed by atoms with van der Waals surface area (Å²) in [6.07, 6.45) is 2.33. The van der Waals surface area contributed by atoms with Gasteiger partial charge in [0.15, 0.2) is 5.65 Å². The van der Waals surface area contributed by atoms with Crippen molar-refractivity contribution in [3.8, 4) is 5.69 Å². The second-order valence-corrected chi connectivity index (χ2v) is 7.65. The minimum Gasteiger partial charge on any atom is -0.399 e. The van der Waals surface area contributed by atoms with Crippen LogP contribution in [0.5, 0.6) is 0 Å². The molecule has 0 radical (unpaired) electrons. The Kier molecular flexibility index (Phi) is 5.74. The lowest BCUT2D eigenvalue weighted by Crippen LogP contribution is -2.25. The van der Waals surface area contributed by atoms with Gasteiger partial charge in [-0.3, -0.25) is 9.36 Å². The van der Waals surface area contributed by atoms with Crippen molar-refractivity contribution in [3.63, 3.8) is 0 Å². The van der Waals surface area contributed by atoms with Crippen molar-refractivity contribution in [1.82, 2.24) is 19.5 Å². The molecule has 10 heteroatoms. The molecule has 1 amide bonds. The first kappa shape index (κ1) is 21.3. The minimum absolute atomic E-state index is 0.0301. The molecule has 0 fully saturated rings. The molecule has 0 bridgehead atoms. The summed E-state index contributed by atoms with van der Waals surface area (Å²) in [5.74, 6) is -0.146. The maximum Gasteiger partial charge on any atom is 0.354 e. The molecule has 0 unspecified atom stereocenters. The van der Waals surface area contributed by atoms with E-state index in [9.17, 15) is 9.59 Å². The zero-order chi connectivity index (χ0) is 22.8. The van der Waals surface area contributed by atoms with E-state index in [0.717, 1.165) is 5.56 Å². The second kappa shape index (κ2) is 8.64. The molecule has 32 heavy (non-hydrogen) atoms. The number of hydrogen-bond donors (Lipinski definition) is 3. The van der Waals surface area contributed by atoms with Crippen LogP contribution in [0.3, 0.4) is 0 Å². The first-order valence-electron chi connectivity index (χ1n) is 9.78. The molecule has 0 atom stereocenters. The van der Waals surface area contributed by atoms with Crippen LogP contribution in [0.25, 0.3) is 16.7 Å². The number of carbonyl (C=O) groups is 1. The van der Waals surface area contributed by atoms with E-state index in [1.165, 1.54) is 10.8 Å². The number of fused-ring (bicyclic) bond motifs is 1. The molecule has 0 aliphatic heterocycles. The van der Waals surface area contributed by atoms with Crippen LogP contribution in [0.2, 0.25) is 5.02 Å². The quantitative estimate of drug-likeness (QED) is 0.397. The number of nitrogen functional groups attached to an aromatic ring is 2. The number of rotatable bonds is 5. The lowest BCUT2D eigenvalue weighted by Gasteiger charge is -2.14.